The number of rotatable bonds is 10. The first-order valence-corrected chi connectivity index (χ1v) is 12.1. The van der Waals surface area contributed by atoms with Gasteiger partial charge in [-0.2, -0.15) is 5.26 Å². The normalized spacial score (nSPS) is 17.0. The molecule has 1 aliphatic heterocycles. The molecular weight excluding hydrogens is 462 g/mol. The summed E-state index contributed by atoms with van der Waals surface area (Å²) in [6.07, 6.45) is 1.81. The van der Waals surface area contributed by atoms with Gasteiger partial charge in [0.1, 0.15) is 11.6 Å². The van der Waals surface area contributed by atoms with Gasteiger partial charge in [0.2, 0.25) is 0 Å². The number of hydrogen-bond acceptors (Lipinski definition) is 5. The molecule has 3 aromatic rings. The molecule has 1 atom stereocenters. The second-order valence-electron chi connectivity index (χ2n) is 8.96. The summed E-state index contributed by atoms with van der Waals surface area (Å²) >= 11 is 0. The fraction of sp³-hybridized carbons (Fsp3) is 0.345. The summed E-state index contributed by atoms with van der Waals surface area (Å²) in [4.78, 5) is 2.31. The van der Waals surface area contributed by atoms with Crippen molar-refractivity contribution in [1.29, 1.82) is 5.26 Å². The molecule has 0 bridgehead atoms. The fourth-order valence-electron chi connectivity index (χ4n) is 5.38. The van der Waals surface area contributed by atoms with E-state index in [0.29, 0.717) is 37.5 Å². The van der Waals surface area contributed by atoms with Crippen LogP contribution >= 0.6 is 0 Å². The molecule has 1 unspecified atom stereocenters. The Labute approximate surface area is 210 Å². The van der Waals surface area contributed by atoms with Crippen molar-refractivity contribution in [3.8, 4) is 17.6 Å². The average molecular weight is 493 g/mol. The van der Waals surface area contributed by atoms with E-state index in [4.69, 9.17) is 9.47 Å². The smallest absolute Gasteiger partial charge is 0.161 e. The highest BCUT2D eigenvalue weighted by Gasteiger charge is 2.50. The Balaban J connectivity index is 1.60. The molecular formula is C29H30F2N2O3. The lowest BCUT2D eigenvalue weighted by Gasteiger charge is -2.43. The van der Waals surface area contributed by atoms with Gasteiger partial charge in [-0.1, -0.05) is 30.3 Å². The monoisotopic (exact) mass is 492 g/mol. The number of benzene rings is 3. The van der Waals surface area contributed by atoms with Gasteiger partial charge >= 0.3 is 0 Å². The predicted octanol–water partition coefficient (Wildman–Crippen LogP) is 5.41. The van der Waals surface area contributed by atoms with Crippen molar-refractivity contribution in [2.24, 2.45) is 5.92 Å². The summed E-state index contributed by atoms with van der Waals surface area (Å²) in [5.74, 6) is 0.462. The first-order valence-electron chi connectivity index (χ1n) is 12.1. The number of ether oxygens (including phenoxy) is 2. The largest absolute Gasteiger partial charge is 0.493 e. The minimum Gasteiger partial charge on any atom is -0.493 e. The van der Waals surface area contributed by atoms with Crippen LogP contribution in [0.4, 0.5) is 8.78 Å². The first-order chi connectivity index (χ1) is 17.5. The maximum atomic E-state index is 13.9. The van der Waals surface area contributed by atoms with E-state index in [0.717, 1.165) is 29.7 Å². The van der Waals surface area contributed by atoms with Crippen LogP contribution in [0.3, 0.4) is 0 Å². The van der Waals surface area contributed by atoms with Crippen molar-refractivity contribution in [3.63, 3.8) is 0 Å². The maximum Gasteiger partial charge on any atom is 0.161 e. The third-order valence-corrected chi connectivity index (χ3v) is 6.98. The third kappa shape index (κ3) is 5.06. The summed E-state index contributed by atoms with van der Waals surface area (Å²) in [5.41, 5.74) is 1.83. The van der Waals surface area contributed by atoms with Gasteiger partial charge in [0.15, 0.2) is 11.5 Å². The zero-order valence-electron chi connectivity index (χ0n) is 20.3. The van der Waals surface area contributed by atoms with Gasteiger partial charge in [-0.25, -0.2) is 8.78 Å². The molecule has 1 heterocycles. The number of hydrogen-bond donors (Lipinski definition) is 1. The molecule has 0 amide bonds. The molecule has 4 rings (SSSR count). The highest BCUT2D eigenvalue weighted by Crippen LogP contribution is 2.50. The highest BCUT2D eigenvalue weighted by atomic mass is 19.1. The van der Waals surface area contributed by atoms with Crippen LogP contribution in [-0.2, 0) is 12.1 Å². The second kappa shape index (κ2) is 11.5. The summed E-state index contributed by atoms with van der Waals surface area (Å²) in [7, 11) is 1.56. The minimum atomic E-state index is -0.683. The Hall–Kier alpha value is -3.47. The molecule has 3 aromatic carbocycles. The van der Waals surface area contributed by atoms with Crippen LogP contribution in [0.5, 0.6) is 11.5 Å². The molecule has 0 spiro atoms. The van der Waals surface area contributed by atoms with E-state index in [1.165, 1.54) is 24.3 Å². The number of halogens is 2. The van der Waals surface area contributed by atoms with Crippen LogP contribution in [0, 0.1) is 28.9 Å². The van der Waals surface area contributed by atoms with Crippen molar-refractivity contribution in [3.05, 3.63) is 95.1 Å². The molecule has 1 fully saturated rings. The molecule has 1 aliphatic rings. The average Bonchev–Trinajstić information content (AvgIpc) is 3.26. The van der Waals surface area contributed by atoms with Crippen molar-refractivity contribution in [2.45, 2.75) is 31.4 Å². The van der Waals surface area contributed by atoms with E-state index in [1.54, 1.807) is 49.6 Å². The SMILES string of the molecule is COc1cc(CO)ccc1OCCCN1CCC(CC#N)C1(c1ccc(F)cc1)c1ccc(F)cc1. The Morgan fingerprint density at radius 3 is 2.19 bits per heavy atom. The van der Waals surface area contributed by atoms with Crippen LogP contribution in [0.25, 0.3) is 0 Å². The van der Waals surface area contributed by atoms with E-state index in [1.807, 2.05) is 0 Å². The predicted molar refractivity (Wildman–Crippen MR) is 133 cm³/mol. The molecule has 0 saturated carbocycles. The van der Waals surface area contributed by atoms with Crippen molar-refractivity contribution in [2.75, 3.05) is 26.8 Å². The molecule has 5 nitrogen and oxygen atoms in total. The van der Waals surface area contributed by atoms with E-state index < -0.39 is 5.54 Å². The Morgan fingerprint density at radius 1 is 1.00 bits per heavy atom. The lowest BCUT2D eigenvalue weighted by molar-refractivity contribution is 0.131. The quantitative estimate of drug-likeness (QED) is 0.383. The van der Waals surface area contributed by atoms with Gasteiger partial charge in [-0.3, -0.25) is 4.90 Å². The topological polar surface area (TPSA) is 65.7 Å². The van der Waals surface area contributed by atoms with Gasteiger partial charge in [0.05, 0.1) is 31.9 Å². The van der Waals surface area contributed by atoms with Gasteiger partial charge in [-0.15, -0.1) is 0 Å². The number of nitrogens with zero attached hydrogens (tertiary/aromatic N) is 2. The van der Waals surface area contributed by atoms with Crippen LogP contribution < -0.4 is 9.47 Å². The van der Waals surface area contributed by atoms with Gasteiger partial charge < -0.3 is 14.6 Å². The maximum absolute atomic E-state index is 13.9. The Morgan fingerprint density at radius 2 is 1.64 bits per heavy atom. The van der Waals surface area contributed by atoms with Crippen LogP contribution in [0.2, 0.25) is 0 Å². The first kappa shape index (κ1) is 25.6. The fourth-order valence-corrected chi connectivity index (χ4v) is 5.38. The number of aliphatic hydroxyl groups excluding tert-OH is 1. The zero-order chi connectivity index (χ0) is 25.5. The van der Waals surface area contributed by atoms with E-state index in [-0.39, 0.29) is 24.2 Å². The van der Waals surface area contributed by atoms with Gasteiger partial charge in [0, 0.05) is 13.0 Å². The van der Waals surface area contributed by atoms with Crippen molar-refractivity contribution < 1.29 is 23.4 Å². The molecule has 1 N–H and O–H groups in total. The summed E-state index contributed by atoms with van der Waals surface area (Å²) in [6.45, 7) is 1.75. The van der Waals surface area contributed by atoms with Crippen LogP contribution in [0.15, 0.2) is 66.7 Å². The van der Waals surface area contributed by atoms with E-state index in [9.17, 15) is 19.1 Å². The van der Waals surface area contributed by atoms with Crippen molar-refractivity contribution in [1.82, 2.24) is 4.90 Å². The summed E-state index contributed by atoms with van der Waals surface area (Å²) < 4.78 is 39.1. The Kier molecular flexibility index (Phi) is 8.19. The molecule has 0 radical (unpaired) electrons. The summed E-state index contributed by atoms with van der Waals surface area (Å²) in [5, 5.41) is 19.0. The highest BCUT2D eigenvalue weighted by molar-refractivity contribution is 5.43. The van der Waals surface area contributed by atoms with Crippen molar-refractivity contribution >= 4 is 0 Å². The number of aliphatic hydroxyl groups is 1. The van der Waals surface area contributed by atoms with Crippen LogP contribution in [0.1, 0.15) is 36.0 Å². The molecule has 7 heteroatoms. The lowest BCUT2D eigenvalue weighted by atomic mass is 9.72. The lowest BCUT2D eigenvalue weighted by Crippen LogP contribution is -2.47. The van der Waals surface area contributed by atoms with Crippen LogP contribution in [-0.4, -0.2) is 36.8 Å². The molecule has 0 aromatic heterocycles. The standard InChI is InChI=1S/C29H30F2N2O3/c1-35-28-19-21(20-34)3-12-27(28)36-18-2-16-33-17-14-24(13-15-32)29(33,22-4-8-25(30)9-5-22)23-6-10-26(31)11-7-23/h3-12,19,24,34H,2,13-14,16-18,20H2,1H3. The Bertz CT molecular complexity index is 1150. The number of likely N-dealkylation sites (tertiary alicyclic amines) is 1. The molecule has 36 heavy (non-hydrogen) atoms. The zero-order valence-corrected chi connectivity index (χ0v) is 20.3. The minimum absolute atomic E-state index is 0.0366. The molecule has 1 saturated heterocycles. The summed E-state index contributed by atoms with van der Waals surface area (Å²) in [6, 6.07) is 20.5. The number of nitriles is 1. The number of methoxy groups -OCH3 is 1. The molecule has 188 valence electrons. The molecule has 0 aliphatic carbocycles. The third-order valence-electron chi connectivity index (χ3n) is 6.98. The second-order valence-corrected chi connectivity index (χ2v) is 8.96. The van der Waals surface area contributed by atoms with E-state index >= 15 is 0 Å². The van der Waals surface area contributed by atoms with Gasteiger partial charge in [-0.05, 0) is 78.4 Å². The van der Waals surface area contributed by atoms with E-state index in [2.05, 4.69) is 11.0 Å². The van der Waals surface area contributed by atoms with Gasteiger partial charge in [0.25, 0.3) is 0 Å².